The van der Waals surface area contributed by atoms with Crippen molar-refractivity contribution in [3.05, 3.63) is 70.8 Å². The van der Waals surface area contributed by atoms with Crippen LogP contribution in [0, 0.1) is 11.8 Å². The van der Waals surface area contributed by atoms with Gasteiger partial charge in [-0.3, -0.25) is 24.1 Å². The van der Waals surface area contributed by atoms with Crippen molar-refractivity contribution in [1.29, 1.82) is 0 Å². The van der Waals surface area contributed by atoms with Gasteiger partial charge in [0.1, 0.15) is 0 Å². The highest BCUT2D eigenvalue weighted by Gasteiger charge is 2.35. The zero-order valence-electron chi connectivity index (χ0n) is 19.9. The summed E-state index contributed by atoms with van der Waals surface area (Å²) < 4.78 is 0. The Hall–Kier alpha value is -3.48. The minimum atomic E-state index is -0.296. The summed E-state index contributed by atoms with van der Waals surface area (Å²) in [6, 6.07) is 14.0. The van der Waals surface area contributed by atoms with Gasteiger partial charge in [-0.25, -0.2) is 0 Å². The summed E-state index contributed by atoms with van der Waals surface area (Å²) >= 11 is 0. The second kappa shape index (κ2) is 9.79. The van der Waals surface area contributed by atoms with Gasteiger partial charge in [0, 0.05) is 30.6 Å². The van der Waals surface area contributed by atoms with Crippen molar-refractivity contribution >= 4 is 23.6 Å². The molecule has 7 heteroatoms. The molecule has 2 aliphatic rings. The van der Waals surface area contributed by atoms with Crippen LogP contribution < -0.4 is 5.32 Å². The van der Waals surface area contributed by atoms with Gasteiger partial charge in [0.05, 0.1) is 17.7 Å². The summed E-state index contributed by atoms with van der Waals surface area (Å²) in [6.07, 6.45) is 1.31. The smallest absolute Gasteiger partial charge is 0.261 e. The molecule has 0 aromatic heterocycles. The molecule has 1 atom stereocenters. The second-order valence-electron chi connectivity index (χ2n) is 9.55. The van der Waals surface area contributed by atoms with Crippen LogP contribution in [0.3, 0.4) is 0 Å². The standard InChI is InChI=1S/C27H31N3O4/c1-17(2)18(3)28-24(31)20-12-14-29(15-13-20)25(32)21-10-8-19(9-11-21)16-30-26(33)22-6-4-5-7-23(22)27(30)34/h4-11,17-18,20H,12-16H2,1-3H3,(H,28,31). The molecule has 2 aromatic carbocycles. The molecule has 4 rings (SSSR count). The largest absolute Gasteiger partial charge is 0.353 e. The molecule has 0 radical (unpaired) electrons. The van der Waals surface area contributed by atoms with Crippen LogP contribution in [-0.2, 0) is 11.3 Å². The average molecular weight is 462 g/mol. The molecule has 1 fully saturated rings. The number of hydrogen-bond donors (Lipinski definition) is 1. The molecule has 1 unspecified atom stereocenters. The van der Waals surface area contributed by atoms with E-state index in [-0.39, 0.29) is 42.1 Å². The van der Waals surface area contributed by atoms with Gasteiger partial charge in [-0.2, -0.15) is 0 Å². The molecule has 7 nitrogen and oxygen atoms in total. The van der Waals surface area contributed by atoms with Crippen LogP contribution in [0.2, 0.25) is 0 Å². The number of imide groups is 1. The molecule has 4 amide bonds. The first-order chi connectivity index (χ1) is 16.3. The Morgan fingerprint density at radius 1 is 0.912 bits per heavy atom. The molecule has 1 N–H and O–H groups in total. The number of carbonyl (C=O) groups is 4. The van der Waals surface area contributed by atoms with E-state index in [1.165, 1.54) is 4.90 Å². The van der Waals surface area contributed by atoms with Crippen LogP contribution >= 0.6 is 0 Å². The Balaban J connectivity index is 1.32. The summed E-state index contributed by atoms with van der Waals surface area (Å²) in [5.74, 6) is -0.267. The molecule has 1 saturated heterocycles. The number of amides is 4. The third-order valence-corrected chi connectivity index (χ3v) is 6.94. The zero-order valence-corrected chi connectivity index (χ0v) is 19.9. The summed E-state index contributed by atoms with van der Waals surface area (Å²) in [4.78, 5) is 53.6. The summed E-state index contributed by atoms with van der Waals surface area (Å²) in [5.41, 5.74) is 2.19. The van der Waals surface area contributed by atoms with Crippen LogP contribution in [0.15, 0.2) is 48.5 Å². The van der Waals surface area contributed by atoms with Gasteiger partial charge < -0.3 is 10.2 Å². The number of piperidine rings is 1. The fourth-order valence-corrected chi connectivity index (χ4v) is 4.35. The number of likely N-dealkylation sites (tertiary alicyclic amines) is 1. The Labute approximate surface area is 200 Å². The molecule has 0 bridgehead atoms. The van der Waals surface area contributed by atoms with Crippen molar-refractivity contribution < 1.29 is 19.2 Å². The highest BCUT2D eigenvalue weighted by molar-refractivity contribution is 6.21. The molecular formula is C27H31N3O4. The molecule has 2 aliphatic heterocycles. The number of fused-ring (bicyclic) bond motifs is 1. The average Bonchev–Trinajstić information content (AvgIpc) is 3.09. The first-order valence-corrected chi connectivity index (χ1v) is 11.9. The maximum absolute atomic E-state index is 13.0. The number of carbonyl (C=O) groups excluding carboxylic acids is 4. The van der Waals surface area contributed by atoms with Crippen molar-refractivity contribution in [2.75, 3.05) is 13.1 Å². The minimum Gasteiger partial charge on any atom is -0.353 e. The molecule has 34 heavy (non-hydrogen) atoms. The number of hydrogen-bond acceptors (Lipinski definition) is 4. The van der Waals surface area contributed by atoms with E-state index in [2.05, 4.69) is 19.2 Å². The lowest BCUT2D eigenvalue weighted by Crippen LogP contribution is -2.45. The van der Waals surface area contributed by atoms with Crippen molar-refractivity contribution in [2.24, 2.45) is 11.8 Å². The van der Waals surface area contributed by atoms with E-state index in [0.29, 0.717) is 48.5 Å². The monoisotopic (exact) mass is 461 g/mol. The van der Waals surface area contributed by atoms with Gasteiger partial charge in [-0.15, -0.1) is 0 Å². The van der Waals surface area contributed by atoms with E-state index in [1.54, 1.807) is 53.4 Å². The van der Waals surface area contributed by atoms with E-state index in [1.807, 2.05) is 6.92 Å². The van der Waals surface area contributed by atoms with Gasteiger partial charge in [0.15, 0.2) is 0 Å². The van der Waals surface area contributed by atoms with E-state index in [0.717, 1.165) is 5.56 Å². The third kappa shape index (κ3) is 4.74. The lowest BCUT2D eigenvalue weighted by atomic mass is 9.94. The van der Waals surface area contributed by atoms with Crippen LogP contribution in [0.1, 0.15) is 70.3 Å². The van der Waals surface area contributed by atoms with E-state index >= 15 is 0 Å². The Morgan fingerprint density at radius 2 is 1.47 bits per heavy atom. The van der Waals surface area contributed by atoms with Crippen LogP contribution in [0.4, 0.5) is 0 Å². The summed E-state index contributed by atoms with van der Waals surface area (Å²) in [5, 5.41) is 3.08. The third-order valence-electron chi connectivity index (χ3n) is 6.94. The van der Waals surface area contributed by atoms with E-state index in [9.17, 15) is 19.2 Å². The number of benzene rings is 2. The van der Waals surface area contributed by atoms with E-state index in [4.69, 9.17) is 0 Å². The fourth-order valence-electron chi connectivity index (χ4n) is 4.35. The predicted octanol–water partition coefficient (Wildman–Crippen LogP) is 3.50. The molecular weight excluding hydrogens is 430 g/mol. The zero-order chi connectivity index (χ0) is 24.4. The molecule has 178 valence electrons. The van der Waals surface area contributed by atoms with Crippen LogP contribution in [-0.4, -0.2) is 52.6 Å². The van der Waals surface area contributed by atoms with E-state index < -0.39 is 0 Å². The van der Waals surface area contributed by atoms with Crippen molar-refractivity contribution in [3.63, 3.8) is 0 Å². The minimum absolute atomic E-state index is 0.0627. The second-order valence-corrected chi connectivity index (χ2v) is 9.55. The molecule has 0 saturated carbocycles. The highest BCUT2D eigenvalue weighted by atomic mass is 16.2. The summed E-state index contributed by atoms with van der Waals surface area (Å²) in [7, 11) is 0. The van der Waals surface area contributed by atoms with Crippen molar-refractivity contribution in [2.45, 2.75) is 46.2 Å². The predicted molar refractivity (Wildman–Crippen MR) is 128 cm³/mol. The lowest BCUT2D eigenvalue weighted by molar-refractivity contribution is -0.127. The normalized spacial score (nSPS) is 17.2. The van der Waals surface area contributed by atoms with Crippen LogP contribution in [0.5, 0.6) is 0 Å². The summed E-state index contributed by atoms with van der Waals surface area (Å²) in [6.45, 7) is 7.43. The van der Waals surface area contributed by atoms with Gasteiger partial charge in [0.2, 0.25) is 5.91 Å². The maximum Gasteiger partial charge on any atom is 0.261 e. The SMILES string of the molecule is CC(C)C(C)NC(=O)C1CCN(C(=O)c2ccc(CN3C(=O)c4ccccc4C3=O)cc2)CC1. The first-order valence-electron chi connectivity index (χ1n) is 11.9. The Morgan fingerprint density at radius 3 is 2.00 bits per heavy atom. The van der Waals surface area contributed by atoms with Crippen molar-refractivity contribution in [1.82, 2.24) is 15.1 Å². The fraction of sp³-hybridized carbons (Fsp3) is 0.407. The first kappa shape index (κ1) is 23.7. The van der Waals surface area contributed by atoms with Crippen LogP contribution in [0.25, 0.3) is 0 Å². The highest BCUT2D eigenvalue weighted by Crippen LogP contribution is 2.25. The van der Waals surface area contributed by atoms with Gasteiger partial charge >= 0.3 is 0 Å². The molecule has 2 aromatic rings. The number of nitrogens with zero attached hydrogens (tertiary/aromatic N) is 2. The molecule has 0 spiro atoms. The topological polar surface area (TPSA) is 86.8 Å². The number of rotatable bonds is 6. The number of nitrogens with one attached hydrogen (secondary N) is 1. The van der Waals surface area contributed by atoms with Gasteiger partial charge in [0.25, 0.3) is 17.7 Å². The van der Waals surface area contributed by atoms with Gasteiger partial charge in [-0.1, -0.05) is 38.1 Å². The van der Waals surface area contributed by atoms with Crippen molar-refractivity contribution in [3.8, 4) is 0 Å². The Bertz CT molecular complexity index is 1070. The quantitative estimate of drug-likeness (QED) is 0.667. The molecule has 2 heterocycles. The van der Waals surface area contributed by atoms with Gasteiger partial charge in [-0.05, 0) is 55.5 Å². The molecule has 0 aliphatic carbocycles. The maximum atomic E-state index is 13.0. The lowest BCUT2D eigenvalue weighted by Gasteiger charge is -2.32. The Kier molecular flexibility index (Phi) is 6.82.